The average Bonchev–Trinajstić information content (AvgIpc) is 2.27. The van der Waals surface area contributed by atoms with E-state index in [0.717, 1.165) is 18.4 Å². The fourth-order valence-corrected chi connectivity index (χ4v) is 1.65. The van der Waals surface area contributed by atoms with Crippen molar-refractivity contribution in [1.29, 1.82) is 0 Å². The van der Waals surface area contributed by atoms with Crippen LogP contribution in [0.15, 0.2) is 24.3 Å². The van der Waals surface area contributed by atoms with Crippen molar-refractivity contribution in [1.82, 2.24) is 0 Å². The van der Waals surface area contributed by atoms with Gasteiger partial charge in [-0.25, -0.2) is 0 Å². The van der Waals surface area contributed by atoms with Gasteiger partial charge in [0.2, 0.25) is 0 Å². The lowest BCUT2D eigenvalue weighted by Crippen LogP contribution is -2.17. The Morgan fingerprint density at radius 1 is 1.22 bits per heavy atom. The van der Waals surface area contributed by atoms with E-state index in [-0.39, 0.29) is 11.8 Å². The lowest BCUT2D eigenvalue weighted by atomic mass is 9.95. The Morgan fingerprint density at radius 3 is 2.22 bits per heavy atom. The van der Waals surface area contributed by atoms with Gasteiger partial charge < -0.3 is 10.5 Å². The standard InChI is InChI=1S/C13H18F3NO/c1-3-9(2)8-12(17)10-4-6-11(7-5-10)18-13(14,15)16/h4-7,9,12H,3,8,17H2,1-2H3. The molecule has 0 bridgehead atoms. The monoisotopic (exact) mass is 261 g/mol. The number of nitrogens with two attached hydrogens (primary N) is 1. The third-order valence-corrected chi connectivity index (χ3v) is 2.90. The second-order valence-corrected chi connectivity index (χ2v) is 4.47. The molecule has 2 unspecified atom stereocenters. The smallest absolute Gasteiger partial charge is 0.406 e. The zero-order valence-electron chi connectivity index (χ0n) is 10.5. The van der Waals surface area contributed by atoms with E-state index in [1.807, 2.05) is 0 Å². The first kappa shape index (κ1) is 14.8. The Morgan fingerprint density at radius 2 is 1.78 bits per heavy atom. The van der Waals surface area contributed by atoms with E-state index in [9.17, 15) is 13.2 Å². The molecule has 2 nitrogen and oxygen atoms in total. The number of hydrogen-bond acceptors (Lipinski definition) is 2. The van der Waals surface area contributed by atoms with Gasteiger partial charge in [0.05, 0.1) is 0 Å². The molecule has 102 valence electrons. The number of benzene rings is 1. The maximum Gasteiger partial charge on any atom is 0.573 e. The Balaban J connectivity index is 2.65. The van der Waals surface area contributed by atoms with Gasteiger partial charge in [-0.1, -0.05) is 32.4 Å². The number of halogens is 3. The summed E-state index contributed by atoms with van der Waals surface area (Å²) in [5.74, 6) is 0.271. The van der Waals surface area contributed by atoms with Crippen molar-refractivity contribution >= 4 is 0 Å². The zero-order valence-corrected chi connectivity index (χ0v) is 10.5. The lowest BCUT2D eigenvalue weighted by molar-refractivity contribution is -0.274. The van der Waals surface area contributed by atoms with Crippen LogP contribution in [0.2, 0.25) is 0 Å². The van der Waals surface area contributed by atoms with Gasteiger partial charge in [-0.05, 0) is 30.0 Å². The minimum absolute atomic E-state index is 0.153. The summed E-state index contributed by atoms with van der Waals surface area (Å²) in [4.78, 5) is 0. The van der Waals surface area contributed by atoms with E-state index >= 15 is 0 Å². The molecule has 0 fully saturated rings. The predicted molar refractivity (Wildman–Crippen MR) is 64.1 cm³/mol. The Kier molecular flexibility index (Phi) is 5.02. The summed E-state index contributed by atoms with van der Waals surface area (Å²) >= 11 is 0. The van der Waals surface area contributed by atoms with Gasteiger partial charge in [-0.2, -0.15) is 0 Å². The Hall–Kier alpha value is -1.23. The van der Waals surface area contributed by atoms with Crippen molar-refractivity contribution in [2.75, 3.05) is 0 Å². The molecule has 18 heavy (non-hydrogen) atoms. The second-order valence-electron chi connectivity index (χ2n) is 4.47. The molecule has 0 aromatic heterocycles. The third-order valence-electron chi connectivity index (χ3n) is 2.90. The van der Waals surface area contributed by atoms with Crippen LogP contribution in [0.3, 0.4) is 0 Å². The van der Waals surface area contributed by atoms with Crippen LogP contribution in [-0.4, -0.2) is 6.36 Å². The molecular weight excluding hydrogens is 243 g/mol. The lowest BCUT2D eigenvalue weighted by Gasteiger charge is -2.17. The van der Waals surface area contributed by atoms with Crippen LogP contribution < -0.4 is 10.5 Å². The molecule has 0 aliphatic heterocycles. The van der Waals surface area contributed by atoms with Gasteiger partial charge in [0, 0.05) is 6.04 Å². The van der Waals surface area contributed by atoms with Crippen molar-refractivity contribution in [3.05, 3.63) is 29.8 Å². The summed E-state index contributed by atoms with van der Waals surface area (Å²) in [5.41, 5.74) is 6.81. The number of hydrogen-bond donors (Lipinski definition) is 1. The largest absolute Gasteiger partial charge is 0.573 e. The normalized spacial score (nSPS) is 15.2. The first-order valence-electron chi connectivity index (χ1n) is 5.93. The van der Waals surface area contributed by atoms with E-state index in [1.54, 1.807) is 12.1 Å². The molecule has 1 aromatic carbocycles. The van der Waals surface area contributed by atoms with Gasteiger partial charge in [-0.15, -0.1) is 13.2 Å². The molecule has 1 rings (SSSR count). The van der Waals surface area contributed by atoms with Gasteiger partial charge in [0.1, 0.15) is 5.75 Å². The molecular formula is C13H18F3NO. The summed E-state index contributed by atoms with van der Waals surface area (Å²) in [7, 11) is 0. The number of ether oxygens (including phenoxy) is 1. The van der Waals surface area contributed by atoms with Crippen LogP contribution in [-0.2, 0) is 0 Å². The molecule has 0 saturated heterocycles. The Bertz CT molecular complexity index is 361. The summed E-state index contributed by atoms with van der Waals surface area (Å²) in [6.07, 6.45) is -2.81. The molecule has 2 atom stereocenters. The summed E-state index contributed by atoms with van der Waals surface area (Å²) in [6, 6.07) is 5.58. The Labute approximate surface area is 105 Å². The summed E-state index contributed by atoms with van der Waals surface area (Å²) in [5, 5.41) is 0. The average molecular weight is 261 g/mol. The van der Waals surface area contributed by atoms with Gasteiger partial charge in [0.25, 0.3) is 0 Å². The highest BCUT2D eigenvalue weighted by Crippen LogP contribution is 2.26. The quantitative estimate of drug-likeness (QED) is 0.868. The molecule has 0 aliphatic rings. The zero-order chi connectivity index (χ0) is 13.8. The van der Waals surface area contributed by atoms with Crippen LogP contribution in [0.1, 0.15) is 38.3 Å². The molecule has 0 radical (unpaired) electrons. The summed E-state index contributed by atoms with van der Waals surface area (Å²) in [6.45, 7) is 4.18. The van der Waals surface area contributed by atoms with Crippen molar-refractivity contribution < 1.29 is 17.9 Å². The third kappa shape index (κ3) is 4.96. The molecule has 0 amide bonds. The highest BCUT2D eigenvalue weighted by atomic mass is 19.4. The first-order chi connectivity index (χ1) is 8.31. The van der Waals surface area contributed by atoms with E-state index in [2.05, 4.69) is 18.6 Å². The predicted octanol–water partition coefficient (Wildman–Crippen LogP) is 4.02. The topological polar surface area (TPSA) is 35.2 Å². The van der Waals surface area contributed by atoms with Crippen LogP contribution in [0.5, 0.6) is 5.75 Å². The molecule has 1 aromatic rings. The fraction of sp³-hybridized carbons (Fsp3) is 0.538. The minimum atomic E-state index is -4.65. The maximum atomic E-state index is 12.0. The van der Waals surface area contributed by atoms with Crippen LogP contribution >= 0.6 is 0 Å². The van der Waals surface area contributed by atoms with Crippen molar-refractivity contribution in [2.45, 2.75) is 39.1 Å². The van der Waals surface area contributed by atoms with Crippen LogP contribution in [0, 0.1) is 5.92 Å². The molecule has 2 N–H and O–H groups in total. The highest BCUT2D eigenvalue weighted by molar-refractivity contribution is 5.29. The van der Waals surface area contributed by atoms with Crippen molar-refractivity contribution in [3.63, 3.8) is 0 Å². The summed E-state index contributed by atoms with van der Waals surface area (Å²) < 4.78 is 39.7. The van der Waals surface area contributed by atoms with E-state index in [0.29, 0.717) is 5.92 Å². The molecule has 0 spiro atoms. The van der Waals surface area contributed by atoms with Gasteiger partial charge in [0.15, 0.2) is 0 Å². The molecule has 0 saturated carbocycles. The van der Waals surface area contributed by atoms with E-state index < -0.39 is 6.36 Å². The van der Waals surface area contributed by atoms with Gasteiger partial charge >= 0.3 is 6.36 Å². The number of alkyl halides is 3. The highest BCUT2D eigenvalue weighted by Gasteiger charge is 2.31. The maximum absolute atomic E-state index is 12.0. The molecule has 0 aliphatic carbocycles. The van der Waals surface area contributed by atoms with Crippen molar-refractivity contribution in [2.24, 2.45) is 11.7 Å². The van der Waals surface area contributed by atoms with Crippen LogP contribution in [0.4, 0.5) is 13.2 Å². The van der Waals surface area contributed by atoms with Gasteiger partial charge in [-0.3, -0.25) is 0 Å². The van der Waals surface area contributed by atoms with Crippen molar-refractivity contribution in [3.8, 4) is 5.75 Å². The minimum Gasteiger partial charge on any atom is -0.406 e. The first-order valence-corrected chi connectivity index (χ1v) is 5.93. The second kappa shape index (κ2) is 6.09. The number of rotatable bonds is 5. The van der Waals surface area contributed by atoms with E-state index in [1.165, 1.54) is 12.1 Å². The fourth-order valence-electron chi connectivity index (χ4n) is 1.65. The molecule has 0 heterocycles. The molecule has 5 heteroatoms. The SMILES string of the molecule is CCC(C)CC(N)c1ccc(OC(F)(F)F)cc1. The van der Waals surface area contributed by atoms with E-state index in [4.69, 9.17) is 5.73 Å². The van der Waals surface area contributed by atoms with Crippen LogP contribution in [0.25, 0.3) is 0 Å².